The average Bonchev–Trinajstić information content (AvgIpc) is 2.78. The van der Waals surface area contributed by atoms with Crippen LogP contribution in [0.15, 0.2) is 24.4 Å². The SMILES string of the molecule is CNC(C(C)c1ccccn1)C1(C)CCCO1. The molecular formula is C14H22N2O. The van der Waals surface area contributed by atoms with Gasteiger partial charge in [0.1, 0.15) is 0 Å². The van der Waals surface area contributed by atoms with Gasteiger partial charge in [0, 0.05) is 30.5 Å². The van der Waals surface area contributed by atoms with Crippen molar-refractivity contribution in [3.8, 4) is 0 Å². The Balaban J connectivity index is 2.18. The molecular weight excluding hydrogens is 212 g/mol. The second-order valence-electron chi connectivity index (χ2n) is 5.07. The van der Waals surface area contributed by atoms with Gasteiger partial charge in [-0.2, -0.15) is 0 Å². The molecule has 0 saturated carbocycles. The molecule has 1 fully saturated rings. The maximum atomic E-state index is 5.95. The molecule has 0 aromatic carbocycles. The molecule has 0 spiro atoms. The van der Waals surface area contributed by atoms with Crippen molar-refractivity contribution in [2.45, 2.75) is 44.2 Å². The number of hydrogen-bond donors (Lipinski definition) is 1. The number of pyridine rings is 1. The fourth-order valence-electron chi connectivity index (χ4n) is 2.95. The van der Waals surface area contributed by atoms with Gasteiger partial charge in [0.05, 0.1) is 5.60 Å². The lowest BCUT2D eigenvalue weighted by Crippen LogP contribution is -2.50. The fourth-order valence-corrected chi connectivity index (χ4v) is 2.95. The lowest BCUT2D eigenvalue weighted by atomic mass is 9.83. The Bertz CT molecular complexity index is 346. The summed E-state index contributed by atoms with van der Waals surface area (Å²) in [4.78, 5) is 4.45. The minimum absolute atomic E-state index is 0.0638. The number of aromatic nitrogens is 1. The number of nitrogens with one attached hydrogen (secondary N) is 1. The Morgan fingerprint density at radius 3 is 2.82 bits per heavy atom. The van der Waals surface area contributed by atoms with Crippen molar-refractivity contribution < 1.29 is 4.74 Å². The summed E-state index contributed by atoms with van der Waals surface area (Å²) in [6.45, 7) is 5.31. The lowest BCUT2D eigenvalue weighted by molar-refractivity contribution is -0.0160. The van der Waals surface area contributed by atoms with E-state index in [-0.39, 0.29) is 5.60 Å². The predicted molar refractivity (Wildman–Crippen MR) is 69.1 cm³/mol. The quantitative estimate of drug-likeness (QED) is 0.868. The summed E-state index contributed by atoms with van der Waals surface area (Å²) in [5.41, 5.74) is 1.06. The van der Waals surface area contributed by atoms with E-state index in [1.165, 1.54) is 0 Å². The smallest absolute Gasteiger partial charge is 0.0813 e. The highest BCUT2D eigenvalue weighted by atomic mass is 16.5. The summed E-state index contributed by atoms with van der Waals surface area (Å²) in [5, 5.41) is 3.42. The molecule has 1 N–H and O–H groups in total. The second kappa shape index (κ2) is 5.15. The van der Waals surface area contributed by atoms with Gasteiger partial charge in [-0.05, 0) is 38.9 Å². The monoisotopic (exact) mass is 234 g/mol. The summed E-state index contributed by atoms with van der Waals surface area (Å²) in [6.07, 6.45) is 4.13. The third-order valence-electron chi connectivity index (χ3n) is 3.87. The van der Waals surface area contributed by atoms with E-state index >= 15 is 0 Å². The molecule has 3 unspecified atom stereocenters. The van der Waals surface area contributed by atoms with Gasteiger partial charge in [0.25, 0.3) is 0 Å². The first kappa shape index (κ1) is 12.5. The molecule has 3 atom stereocenters. The third kappa shape index (κ3) is 2.50. The van der Waals surface area contributed by atoms with Gasteiger partial charge >= 0.3 is 0 Å². The molecule has 1 aromatic rings. The zero-order chi connectivity index (χ0) is 12.3. The van der Waals surface area contributed by atoms with Gasteiger partial charge in [-0.15, -0.1) is 0 Å². The summed E-state index contributed by atoms with van der Waals surface area (Å²) in [7, 11) is 2.01. The third-order valence-corrected chi connectivity index (χ3v) is 3.87. The minimum atomic E-state index is -0.0638. The van der Waals surface area contributed by atoms with Gasteiger partial charge in [0.2, 0.25) is 0 Å². The Morgan fingerprint density at radius 2 is 2.29 bits per heavy atom. The molecule has 0 radical (unpaired) electrons. The number of nitrogens with zero attached hydrogens (tertiary/aromatic N) is 1. The van der Waals surface area contributed by atoms with E-state index in [1.54, 1.807) is 0 Å². The first-order chi connectivity index (χ1) is 8.17. The number of ether oxygens (including phenoxy) is 1. The molecule has 2 heterocycles. The van der Waals surface area contributed by atoms with Crippen LogP contribution in [-0.4, -0.2) is 30.3 Å². The average molecular weight is 234 g/mol. The molecule has 1 aliphatic heterocycles. The van der Waals surface area contributed by atoms with Gasteiger partial charge in [-0.1, -0.05) is 13.0 Å². The summed E-state index contributed by atoms with van der Waals surface area (Å²) in [6, 6.07) is 6.40. The largest absolute Gasteiger partial charge is 0.374 e. The lowest BCUT2D eigenvalue weighted by Gasteiger charge is -2.37. The van der Waals surface area contributed by atoms with Crippen LogP contribution in [0.2, 0.25) is 0 Å². The van der Waals surface area contributed by atoms with Crippen molar-refractivity contribution in [3.05, 3.63) is 30.1 Å². The fraction of sp³-hybridized carbons (Fsp3) is 0.643. The second-order valence-corrected chi connectivity index (χ2v) is 5.07. The van der Waals surface area contributed by atoms with Gasteiger partial charge < -0.3 is 10.1 Å². The molecule has 2 rings (SSSR count). The highest BCUT2D eigenvalue weighted by Crippen LogP contribution is 2.34. The van der Waals surface area contributed by atoms with E-state index in [9.17, 15) is 0 Å². The molecule has 3 heteroatoms. The maximum absolute atomic E-state index is 5.95. The van der Waals surface area contributed by atoms with E-state index in [2.05, 4.69) is 30.2 Å². The van der Waals surface area contributed by atoms with E-state index in [0.717, 1.165) is 25.1 Å². The van der Waals surface area contributed by atoms with Crippen molar-refractivity contribution in [1.29, 1.82) is 0 Å². The van der Waals surface area contributed by atoms with E-state index < -0.39 is 0 Å². The topological polar surface area (TPSA) is 34.2 Å². The highest BCUT2D eigenvalue weighted by molar-refractivity contribution is 5.14. The van der Waals surface area contributed by atoms with Crippen LogP contribution in [0.4, 0.5) is 0 Å². The van der Waals surface area contributed by atoms with Gasteiger partial charge in [-0.25, -0.2) is 0 Å². The summed E-state index contributed by atoms with van der Waals surface area (Å²) in [5.74, 6) is 0.351. The van der Waals surface area contributed by atoms with Crippen LogP contribution in [-0.2, 0) is 4.74 Å². The first-order valence-electron chi connectivity index (χ1n) is 6.39. The molecule has 1 aliphatic rings. The Labute approximate surface area is 104 Å². The normalized spacial score (nSPS) is 27.9. The van der Waals surface area contributed by atoms with E-state index in [0.29, 0.717) is 12.0 Å². The van der Waals surface area contributed by atoms with Crippen LogP contribution in [0.1, 0.15) is 38.3 Å². The minimum Gasteiger partial charge on any atom is -0.374 e. The Hall–Kier alpha value is -0.930. The van der Waals surface area contributed by atoms with Crippen LogP contribution >= 0.6 is 0 Å². The Kier molecular flexibility index (Phi) is 3.79. The molecule has 94 valence electrons. The molecule has 17 heavy (non-hydrogen) atoms. The van der Waals surface area contributed by atoms with E-state index in [1.807, 2.05) is 25.4 Å². The summed E-state index contributed by atoms with van der Waals surface area (Å²) < 4.78 is 5.95. The zero-order valence-corrected chi connectivity index (χ0v) is 10.9. The highest BCUT2D eigenvalue weighted by Gasteiger charge is 2.41. The Morgan fingerprint density at radius 1 is 1.47 bits per heavy atom. The van der Waals surface area contributed by atoms with Crippen LogP contribution in [0.25, 0.3) is 0 Å². The number of likely N-dealkylation sites (N-methyl/N-ethyl adjacent to an activating group) is 1. The van der Waals surface area contributed by atoms with Crippen molar-refractivity contribution in [3.63, 3.8) is 0 Å². The molecule has 3 nitrogen and oxygen atoms in total. The van der Waals surface area contributed by atoms with Crippen molar-refractivity contribution in [2.24, 2.45) is 0 Å². The number of rotatable bonds is 4. The molecule has 1 saturated heterocycles. The van der Waals surface area contributed by atoms with Gasteiger partial charge in [-0.3, -0.25) is 4.98 Å². The standard InChI is InChI=1S/C14H22N2O/c1-11(12-7-4-5-9-16-12)13(15-3)14(2)8-6-10-17-14/h4-5,7,9,11,13,15H,6,8,10H2,1-3H3. The molecule has 0 aliphatic carbocycles. The van der Waals surface area contributed by atoms with Crippen LogP contribution in [0.5, 0.6) is 0 Å². The van der Waals surface area contributed by atoms with Crippen molar-refractivity contribution in [2.75, 3.05) is 13.7 Å². The molecule has 1 aromatic heterocycles. The molecule has 0 amide bonds. The van der Waals surface area contributed by atoms with Crippen LogP contribution < -0.4 is 5.32 Å². The van der Waals surface area contributed by atoms with Crippen molar-refractivity contribution >= 4 is 0 Å². The maximum Gasteiger partial charge on any atom is 0.0813 e. The van der Waals surface area contributed by atoms with Crippen LogP contribution in [0.3, 0.4) is 0 Å². The number of hydrogen-bond acceptors (Lipinski definition) is 3. The van der Waals surface area contributed by atoms with E-state index in [4.69, 9.17) is 4.74 Å². The zero-order valence-electron chi connectivity index (χ0n) is 10.9. The molecule has 0 bridgehead atoms. The predicted octanol–water partition coefficient (Wildman–Crippen LogP) is 2.34. The first-order valence-corrected chi connectivity index (χ1v) is 6.39. The van der Waals surface area contributed by atoms with Gasteiger partial charge in [0.15, 0.2) is 0 Å². The summed E-state index contributed by atoms with van der Waals surface area (Å²) >= 11 is 0. The van der Waals surface area contributed by atoms with Crippen LogP contribution in [0, 0.1) is 0 Å². The van der Waals surface area contributed by atoms with Crippen molar-refractivity contribution in [1.82, 2.24) is 10.3 Å².